The van der Waals surface area contributed by atoms with Gasteiger partial charge in [0, 0.05) is 19.5 Å². The second-order valence-corrected chi connectivity index (χ2v) is 5.25. The van der Waals surface area contributed by atoms with Crippen LogP contribution in [0.2, 0.25) is 5.02 Å². The normalized spacial score (nSPS) is 12.7. The summed E-state index contributed by atoms with van der Waals surface area (Å²) in [5.74, 6) is 0. The molecule has 0 fully saturated rings. The first-order chi connectivity index (χ1) is 9.04. The molecule has 0 bridgehead atoms. The Labute approximate surface area is 119 Å². The van der Waals surface area contributed by atoms with Gasteiger partial charge < -0.3 is 5.32 Å². The number of hydrogen-bond acceptors (Lipinski definition) is 2. The van der Waals surface area contributed by atoms with Crippen LogP contribution in [-0.2, 0) is 13.5 Å². The number of nitrogens with one attached hydrogen (secondary N) is 1. The molecule has 1 unspecified atom stereocenters. The number of hydrogen-bond donors (Lipinski definition) is 1. The monoisotopic (exact) mass is 277 g/mol. The molecule has 0 amide bonds. The molecular weight excluding hydrogens is 258 g/mol. The minimum absolute atomic E-state index is 0.244. The van der Waals surface area contributed by atoms with E-state index in [2.05, 4.69) is 41.6 Å². The van der Waals surface area contributed by atoms with Gasteiger partial charge in [0.25, 0.3) is 0 Å². The summed E-state index contributed by atoms with van der Waals surface area (Å²) < 4.78 is 1.88. The Morgan fingerprint density at radius 3 is 2.53 bits per heavy atom. The van der Waals surface area contributed by atoms with Crippen LogP contribution in [0.25, 0.3) is 0 Å². The molecule has 0 aliphatic heterocycles. The number of aryl methyl sites for hydroxylation is 3. The molecule has 0 spiro atoms. The fourth-order valence-electron chi connectivity index (χ4n) is 2.44. The molecule has 1 aromatic heterocycles. The molecular formula is C15H20ClN3. The Morgan fingerprint density at radius 1 is 1.32 bits per heavy atom. The van der Waals surface area contributed by atoms with Crippen molar-refractivity contribution in [2.24, 2.45) is 7.05 Å². The lowest BCUT2D eigenvalue weighted by Crippen LogP contribution is -2.21. The number of aromatic nitrogens is 2. The molecule has 19 heavy (non-hydrogen) atoms. The second kappa shape index (κ2) is 5.76. The zero-order chi connectivity index (χ0) is 14.0. The lowest BCUT2D eigenvalue weighted by Gasteiger charge is -2.19. The van der Waals surface area contributed by atoms with Crippen LogP contribution in [0.3, 0.4) is 0 Å². The first kappa shape index (κ1) is 14.1. The molecule has 0 aliphatic carbocycles. The second-order valence-electron chi connectivity index (χ2n) is 4.87. The molecule has 0 aliphatic rings. The summed E-state index contributed by atoms with van der Waals surface area (Å²) in [4.78, 5) is 0. The maximum atomic E-state index is 6.33. The molecule has 1 N–H and O–H groups in total. The van der Waals surface area contributed by atoms with Gasteiger partial charge in [0.05, 0.1) is 16.4 Å². The van der Waals surface area contributed by atoms with Crippen LogP contribution in [0, 0.1) is 13.8 Å². The van der Waals surface area contributed by atoms with E-state index in [9.17, 15) is 0 Å². The van der Waals surface area contributed by atoms with E-state index in [0.717, 1.165) is 22.8 Å². The van der Waals surface area contributed by atoms with Gasteiger partial charge in [0.2, 0.25) is 0 Å². The summed E-state index contributed by atoms with van der Waals surface area (Å²) in [5, 5.41) is 8.52. The largest absolute Gasteiger partial charge is 0.313 e. The number of benzene rings is 1. The molecule has 1 aromatic carbocycles. The summed E-state index contributed by atoms with van der Waals surface area (Å²) in [7, 11) is 3.92. The average Bonchev–Trinajstić information content (AvgIpc) is 2.63. The van der Waals surface area contributed by atoms with Crippen molar-refractivity contribution in [1.29, 1.82) is 0 Å². The predicted molar refractivity (Wildman–Crippen MR) is 79.6 cm³/mol. The van der Waals surface area contributed by atoms with Crippen LogP contribution >= 0.6 is 11.6 Å². The van der Waals surface area contributed by atoms with Crippen molar-refractivity contribution in [3.8, 4) is 0 Å². The van der Waals surface area contributed by atoms with E-state index in [1.165, 1.54) is 11.1 Å². The van der Waals surface area contributed by atoms with E-state index in [4.69, 9.17) is 11.6 Å². The minimum atomic E-state index is 0.244. The van der Waals surface area contributed by atoms with Crippen LogP contribution in [0.4, 0.5) is 0 Å². The van der Waals surface area contributed by atoms with Crippen molar-refractivity contribution in [2.45, 2.75) is 26.3 Å². The molecule has 102 valence electrons. The molecule has 0 saturated carbocycles. The number of likely N-dealkylation sites (N-methyl/N-ethyl adjacent to an activating group) is 1. The maximum absolute atomic E-state index is 6.33. The van der Waals surface area contributed by atoms with Crippen LogP contribution < -0.4 is 5.32 Å². The van der Waals surface area contributed by atoms with E-state index in [-0.39, 0.29) is 6.04 Å². The highest BCUT2D eigenvalue weighted by molar-refractivity contribution is 6.31. The zero-order valence-corrected chi connectivity index (χ0v) is 12.6. The fraction of sp³-hybridized carbons (Fsp3) is 0.400. The smallest absolute Gasteiger partial charge is 0.0847 e. The first-order valence-corrected chi connectivity index (χ1v) is 6.83. The van der Waals surface area contributed by atoms with Crippen molar-refractivity contribution in [3.05, 3.63) is 51.8 Å². The third-order valence-corrected chi connectivity index (χ3v) is 4.06. The average molecular weight is 278 g/mol. The topological polar surface area (TPSA) is 29.9 Å². The fourth-order valence-corrected chi connectivity index (χ4v) is 2.68. The third kappa shape index (κ3) is 2.82. The van der Waals surface area contributed by atoms with Gasteiger partial charge in [-0.15, -0.1) is 0 Å². The van der Waals surface area contributed by atoms with E-state index < -0.39 is 0 Å². The molecule has 1 atom stereocenters. The Kier molecular flexibility index (Phi) is 4.27. The Bertz CT molecular complexity index is 575. The zero-order valence-electron chi connectivity index (χ0n) is 11.9. The molecule has 1 heterocycles. The molecule has 2 aromatic rings. The highest BCUT2D eigenvalue weighted by Crippen LogP contribution is 2.26. The van der Waals surface area contributed by atoms with E-state index >= 15 is 0 Å². The standard InChI is InChI=1S/C15H20ClN3/c1-10-7-5-6-8-12(10)13(17-3)9-14-15(16)11(2)18-19(14)4/h5-8,13,17H,9H2,1-4H3. The van der Waals surface area contributed by atoms with E-state index in [1.807, 2.05) is 25.7 Å². The van der Waals surface area contributed by atoms with Crippen LogP contribution in [0.15, 0.2) is 24.3 Å². The SMILES string of the molecule is CNC(Cc1c(Cl)c(C)nn1C)c1ccccc1C. The first-order valence-electron chi connectivity index (χ1n) is 6.45. The summed E-state index contributed by atoms with van der Waals surface area (Å²) in [6, 6.07) is 8.67. The van der Waals surface area contributed by atoms with Gasteiger partial charge in [-0.05, 0) is 32.0 Å². The van der Waals surface area contributed by atoms with Crippen molar-refractivity contribution in [2.75, 3.05) is 7.05 Å². The number of rotatable bonds is 4. The van der Waals surface area contributed by atoms with Gasteiger partial charge in [-0.2, -0.15) is 5.10 Å². The molecule has 0 saturated heterocycles. The van der Waals surface area contributed by atoms with E-state index in [0.29, 0.717) is 0 Å². The van der Waals surface area contributed by atoms with Crippen molar-refractivity contribution in [3.63, 3.8) is 0 Å². The highest BCUT2D eigenvalue weighted by Gasteiger charge is 2.18. The van der Waals surface area contributed by atoms with Crippen LogP contribution in [0.1, 0.15) is 28.6 Å². The third-order valence-electron chi connectivity index (χ3n) is 3.57. The van der Waals surface area contributed by atoms with Crippen molar-refractivity contribution < 1.29 is 0 Å². The summed E-state index contributed by atoms with van der Waals surface area (Å²) in [5.41, 5.74) is 4.55. The summed E-state index contributed by atoms with van der Waals surface area (Å²) in [6.45, 7) is 4.07. The molecule has 4 heteroatoms. The molecule has 2 rings (SSSR count). The minimum Gasteiger partial charge on any atom is -0.313 e. The summed E-state index contributed by atoms with van der Waals surface area (Å²) in [6.07, 6.45) is 0.831. The lowest BCUT2D eigenvalue weighted by atomic mass is 9.97. The quantitative estimate of drug-likeness (QED) is 0.930. The molecule has 0 radical (unpaired) electrons. The Morgan fingerprint density at radius 2 is 2.00 bits per heavy atom. The van der Waals surface area contributed by atoms with Gasteiger partial charge in [0.15, 0.2) is 0 Å². The Hall–Kier alpha value is -1.32. The van der Waals surface area contributed by atoms with Gasteiger partial charge in [-0.25, -0.2) is 0 Å². The number of nitrogens with zero attached hydrogens (tertiary/aromatic N) is 2. The van der Waals surface area contributed by atoms with E-state index in [1.54, 1.807) is 0 Å². The van der Waals surface area contributed by atoms with Crippen molar-refractivity contribution in [1.82, 2.24) is 15.1 Å². The van der Waals surface area contributed by atoms with Crippen LogP contribution in [-0.4, -0.2) is 16.8 Å². The van der Waals surface area contributed by atoms with Crippen molar-refractivity contribution >= 4 is 11.6 Å². The molecule has 3 nitrogen and oxygen atoms in total. The summed E-state index contributed by atoms with van der Waals surface area (Å²) >= 11 is 6.33. The van der Waals surface area contributed by atoms with Crippen LogP contribution in [0.5, 0.6) is 0 Å². The highest BCUT2D eigenvalue weighted by atomic mass is 35.5. The van der Waals surface area contributed by atoms with Gasteiger partial charge in [-0.1, -0.05) is 35.9 Å². The Balaban J connectivity index is 2.32. The van der Waals surface area contributed by atoms with Gasteiger partial charge in [-0.3, -0.25) is 4.68 Å². The predicted octanol–water partition coefficient (Wildman–Crippen LogP) is 3.19. The van der Waals surface area contributed by atoms with Gasteiger partial charge in [0.1, 0.15) is 0 Å². The maximum Gasteiger partial charge on any atom is 0.0847 e. The lowest BCUT2D eigenvalue weighted by molar-refractivity contribution is 0.559. The number of halogens is 1. The van der Waals surface area contributed by atoms with Gasteiger partial charge >= 0.3 is 0 Å².